The molecule has 158 valence electrons. The molecule has 2 aromatic rings. The van der Waals surface area contributed by atoms with Gasteiger partial charge < -0.3 is 10.2 Å². The maximum absolute atomic E-state index is 14.0. The Labute approximate surface area is 170 Å². The molecule has 2 N–H and O–H groups in total. The van der Waals surface area contributed by atoms with E-state index < -0.39 is 21.9 Å². The van der Waals surface area contributed by atoms with E-state index in [4.69, 9.17) is 0 Å². The third-order valence-corrected chi connectivity index (χ3v) is 5.49. The zero-order valence-electron chi connectivity index (χ0n) is 17.3. The van der Waals surface area contributed by atoms with Gasteiger partial charge in [0.1, 0.15) is 5.82 Å². The Morgan fingerprint density at radius 2 is 1.62 bits per heavy atom. The Bertz CT molecular complexity index is 978. The number of benzene rings is 1. The number of sulfonamides is 1. The minimum Gasteiger partial charge on any atom is -0.376 e. The van der Waals surface area contributed by atoms with Gasteiger partial charge in [0.2, 0.25) is 0 Å². The van der Waals surface area contributed by atoms with Gasteiger partial charge in [0.05, 0.1) is 11.9 Å². The average Bonchev–Trinajstić information content (AvgIpc) is 2.62. The molecular formula is C19H26FN5O3S. The van der Waals surface area contributed by atoms with Crippen LogP contribution in [0.25, 0.3) is 0 Å². The predicted octanol–water partition coefficient (Wildman–Crippen LogP) is 3.44. The van der Waals surface area contributed by atoms with Crippen molar-refractivity contribution in [3.8, 4) is 0 Å². The van der Waals surface area contributed by atoms with Crippen LogP contribution in [0.15, 0.2) is 29.4 Å². The zero-order valence-corrected chi connectivity index (χ0v) is 18.1. The van der Waals surface area contributed by atoms with Gasteiger partial charge in [-0.1, -0.05) is 27.7 Å². The summed E-state index contributed by atoms with van der Waals surface area (Å²) in [7, 11) is -0.796. The first-order chi connectivity index (χ1) is 13.4. The molecule has 2 amide bonds. The van der Waals surface area contributed by atoms with E-state index in [0.717, 1.165) is 0 Å². The summed E-state index contributed by atoms with van der Waals surface area (Å²) in [6.45, 7) is 7.45. The van der Waals surface area contributed by atoms with Crippen LogP contribution in [0, 0.1) is 5.82 Å². The molecule has 10 heteroatoms. The Hall–Kier alpha value is -2.75. The molecule has 0 saturated heterocycles. The molecule has 0 fully saturated rings. The third kappa shape index (κ3) is 5.41. The molecule has 0 aliphatic heterocycles. The maximum atomic E-state index is 14.0. The van der Waals surface area contributed by atoms with Crippen molar-refractivity contribution in [3.05, 3.63) is 41.3 Å². The lowest BCUT2D eigenvalue weighted by Gasteiger charge is -2.20. The second-order valence-electron chi connectivity index (χ2n) is 7.47. The summed E-state index contributed by atoms with van der Waals surface area (Å²) in [4.78, 5) is 14.2. The van der Waals surface area contributed by atoms with Crippen molar-refractivity contribution in [1.82, 2.24) is 14.9 Å². The van der Waals surface area contributed by atoms with Gasteiger partial charge in [-0.25, -0.2) is 13.9 Å². The highest BCUT2D eigenvalue weighted by Gasteiger charge is 2.23. The Balaban J connectivity index is 2.35. The number of carbonyl (C=O) groups excluding carboxylic acids is 1. The lowest BCUT2D eigenvalue weighted by Crippen LogP contribution is -2.35. The van der Waals surface area contributed by atoms with E-state index in [9.17, 15) is 17.6 Å². The van der Waals surface area contributed by atoms with E-state index in [1.54, 1.807) is 19.0 Å². The smallest absolute Gasteiger partial charge is 0.333 e. The fourth-order valence-corrected chi connectivity index (χ4v) is 3.56. The van der Waals surface area contributed by atoms with Gasteiger partial charge in [0.15, 0.2) is 5.03 Å². The van der Waals surface area contributed by atoms with E-state index in [0.29, 0.717) is 22.5 Å². The summed E-state index contributed by atoms with van der Waals surface area (Å²) >= 11 is 0. The van der Waals surface area contributed by atoms with Crippen LogP contribution in [0.3, 0.4) is 0 Å². The van der Waals surface area contributed by atoms with Crippen LogP contribution in [0.2, 0.25) is 0 Å². The molecule has 0 radical (unpaired) electrons. The number of rotatable bonds is 6. The molecule has 0 spiro atoms. The maximum Gasteiger partial charge on any atom is 0.333 e. The lowest BCUT2D eigenvalue weighted by atomic mass is 9.92. The van der Waals surface area contributed by atoms with Crippen molar-refractivity contribution in [2.45, 2.75) is 44.6 Å². The van der Waals surface area contributed by atoms with E-state index >= 15 is 0 Å². The fraction of sp³-hybridized carbons (Fsp3) is 0.421. The van der Waals surface area contributed by atoms with Crippen LogP contribution in [0.5, 0.6) is 0 Å². The predicted molar refractivity (Wildman–Crippen MR) is 110 cm³/mol. The summed E-state index contributed by atoms with van der Waals surface area (Å²) in [6, 6.07) is 3.02. The molecule has 0 saturated carbocycles. The quantitative estimate of drug-likeness (QED) is 0.738. The highest BCUT2D eigenvalue weighted by Crippen LogP contribution is 2.33. The van der Waals surface area contributed by atoms with Crippen LogP contribution in [-0.2, 0) is 10.0 Å². The van der Waals surface area contributed by atoms with Gasteiger partial charge in [-0.2, -0.15) is 13.5 Å². The largest absolute Gasteiger partial charge is 0.376 e. The van der Waals surface area contributed by atoms with Crippen LogP contribution >= 0.6 is 0 Å². The van der Waals surface area contributed by atoms with E-state index in [1.807, 2.05) is 32.4 Å². The number of nitrogens with one attached hydrogen (secondary N) is 2. The van der Waals surface area contributed by atoms with Crippen molar-refractivity contribution in [2.24, 2.45) is 0 Å². The topological polar surface area (TPSA) is 104 Å². The SMILES string of the molecule is CC(C)c1cc(F)cc(C(C)C)c1NC(=O)NS(=O)(=O)c1cc(N(C)C)cnn1. The summed E-state index contributed by atoms with van der Waals surface area (Å²) in [6.07, 6.45) is 1.40. The monoisotopic (exact) mass is 423 g/mol. The fourth-order valence-electron chi connectivity index (χ4n) is 2.73. The van der Waals surface area contributed by atoms with Crippen molar-refractivity contribution < 1.29 is 17.6 Å². The van der Waals surface area contributed by atoms with Gasteiger partial charge in [-0.3, -0.25) is 0 Å². The van der Waals surface area contributed by atoms with Gasteiger partial charge >= 0.3 is 6.03 Å². The van der Waals surface area contributed by atoms with Crippen LogP contribution in [0.1, 0.15) is 50.7 Å². The van der Waals surface area contributed by atoms with E-state index in [1.165, 1.54) is 24.4 Å². The zero-order chi connectivity index (χ0) is 21.9. The number of halogens is 1. The first kappa shape index (κ1) is 22.5. The number of hydrogen-bond acceptors (Lipinski definition) is 6. The standard InChI is InChI=1S/C19H26FN5O3S/c1-11(2)15-7-13(20)8-16(12(3)4)18(15)22-19(26)24-29(27,28)17-9-14(25(5)6)10-21-23-17/h7-12H,1-6H3,(H2,22,24,26). The molecule has 1 aromatic carbocycles. The first-order valence-corrected chi connectivity index (χ1v) is 10.6. The highest BCUT2D eigenvalue weighted by molar-refractivity contribution is 7.90. The Morgan fingerprint density at radius 1 is 1.07 bits per heavy atom. The Kier molecular flexibility index (Phi) is 6.78. The van der Waals surface area contributed by atoms with Gasteiger partial charge in [-0.05, 0) is 35.1 Å². The van der Waals surface area contributed by atoms with Crippen molar-refractivity contribution in [2.75, 3.05) is 24.3 Å². The summed E-state index contributed by atoms with van der Waals surface area (Å²) in [5, 5.41) is 9.46. The molecule has 29 heavy (non-hydrogen) atoms. The molecule has 0 unspecified atom stereocenters. The second kappa shape index (κ2) is 8.73. The average molecular weight is 424 g/mol. The number of nitrogens with zero attached hydrogens (tertiary/aromatic N) is 3. The Morgan fingerprint density at radius 3 is 2.10 bits per heavy atom. The van der Waals surface area contributed by atoms with E-state index in [2.05, 4.69) is 15.5 Å². The van der Waals surface area contributed by atoms with Crippen LogP contribution < -0.4 is 14.9 Å². The molecule has 0 atom stereocenters. The summed E-state index contributed by atoms with van der Waals surface area (Å²) in [5.41, 5.74) is 2.08. The molecule has 2 rings (SSSR count). The van der Waals surface area contributed by atoms with Gasteiger partial charge in [-0.15, -0.1) is 5.10 Å². The van der Waals surface area contributed by atoms with Crippen molar-refractivity contribution >= 4 is 27.4 Å². The lowest BCUT2D eigenvalue weighted by molar-refractivity contribution is 0.256. The molecule has 1 heterocycles. The van der Waals surface area contributed by atoms with Crippen LogP contribution in [0.4, 0.5) is 20.6 Å². The van der Waals surface area contributed by atoms with Crippen molar-refractivity contribution in [1.29, 1.82) is 0 Å². The summed E-state index contributed by atoms with van der Waals surface area (Å²) < 4.78 is 41.1. The number of hydrogen-bond donors (Lipinski definition) is 2. The van der Waals surface area contributed by atoms with E-state index in [-0.39, 0.29) is 16.9 Å². The number of urea groups is 1. The number of carbonyl (C=O) groups is 1. The molecular weight excluding hydrogens is 397 g/mol. The van der Waals surface area contributed by atoms with Crippen LogP contribution in [-0.4, -0.2) is 38.7 Å². The van der Waals surface area contributed by atoms with Gasteiger partial charge in [0.25, 0.3) is 10.0 Å². The number of anilines is 2. The molecule has 0 aliphatic rings. The van der Waals surface area contributed by atoms with Gasteiger partial charge in [0, 0.05) is 25.8 Å². The molecule has 8 nitrogen and oxygen atoms in total. The minimum atomic E-state index is -4.25. The molecule has 1 aromatic heterocycles. The van der Waals surface area contributed by atoms with Crippen molar-refractivity contribution in [3.63, 3.8) is 0 Å². The third-order valence-electron chi connectivity index (χ3n) is 4.28. The number of amides is 2. The molecule has 0 aliphatic carbocycles. The minimum absolute atomic E-state index is 0.0854. The normalized spacial score (nSPS) is 11.6. The summed E-state index contributed by atoms with van der Waals surface area (Å²) in [5.74, 6) is -0.581. The second-order valence-corrected chi connectivity index (χ2v) is 9.10. The first-order valence-electron chi connectivity index (χ1n) is 9.09. The highest BCUT2D eigenvalue weighted by atomic mass is 32.2. The number of aromatic nitrogens is 2. The molecule has 0 bridgehead atoms.